The number of hydrogen-bond donors (Lipinski definition) is 1. The molecule has 2 aromatic carbocycles. The van der Waals surface area contributed by atoms with Crippen molar-refractivity contribution in [3.8, 4) is 5.75 Å². The van der Waals surface area contributed by atoms with Gasteiger partial charge in [-0.05, 0) is 29.8 Å². The van der Waals surface area contributed by atoms with Crippen LogP contribution in [0.2, 0.25) is 5.02 Å². The minimum absolute atomic E-state index is 0.00621. The first-order valence-electron chi connectivity index (χ1n) is 5.97. The molecule has 0 aliphatic heterocycles. The van der Waals surface area contributed by atoms with Gasteiger partial charge >= 0.3 is 0 Å². The quantitative estimate of drug-likeness (QED) is 0.927. The summed E-state index contributed by atoms with van der Waals surface area (Å²) in [6, 6.07) is 8.50. The maximum absolute atomic E-state index is 13.8. The predicted octanol–water partition coefficient (Wildman–Crippen LogP) is 3.90. The van der Waals surface area contributed by atoms with Crippen molar-refractivity contribution in [3.05, 3.63) is 64.2 Å². The molecule has 20 heavy (non-hydrogen) atoms. The van der Waals surface area contributed by atoms with Crippen molar-refractivity contribution in [1.82, 2.24) is 0 Å². The molecule has 106 valence electrons. The van der Waals surface area contributed by atoms with Crippen LogP contribution < -0.4 is 4.74 Å². The molecule has 0 radical (unpaired) electrons. The van der Waals surface area contributed by atoms with E-state index in [0.29, 0.717) is 5.56 Å². The van der Waals surface area contributed by atoms with Crippen LogP contribution in [0.15, 0.2) is 36.4 Å². The highest BCUT2D eigenvalue weighted by molar-refractivity contribution is 6.30. The average molecular weight is 299 g/mol. The van der Waals surface area contributed by atoms with Crippen molar-refractivity contribution in [2.45, 2.75) is 12.5 Å². The summed E-state index contributed by atoms with van der Waals surface area (Å²) in [4.78, 5) is 0. The number of ether oxygens (including phenoxy) is 1. The van der Waals surface area contributed by atoms with Gasteiger partial charge in [0.1, 0.15) is 17.4 Å². The number of hydrogen-bond acceptors (Lipinski definition) is 2. The molecule has 1 unspecified atom stereocenters. The monoisotopic (exact) mass is 298 g/mol. The van der Waals surface area contributed by atoms with Gasteiger partial charge in [-0.3, -0.25) is 0 Å². The molecular formula is C15H13ClF2O2. The Morgan fingerprint density at radius 1 is 1.20 bits per heavy atom. The van der Waals surface area contributed by atoms with Crippen LogP contribution in [0.3, 0.4) is 0 Å². The molecule has 0 aromatic heterocycles. The molecule has 0 amide bonds. The molecule has 0 aliphatic rings. The topological polar surface area (TPSA) is 29.5 Å². The Labute approximate surface area is 120 Å². The summed E-state index contributed by atoms with van der Waals surface area (Å²) < 4.78 is 32.2. The van der Waals surface area contributed by atoms with E-state index < -0.39 is 17.7 Å². The van der Waals surface area contributed by atoms with E-state index in [-0.39, 0.29) is 22.8 Å². The smallest absolute Gasteiger partial charge is 0.142 e. The van der Waals surface area contributed by atoms with E-state index in [0.717, 1.165) is 0 Å². The van der Waals surface area contributed by atoms with Crippen LogP contribution in [0.25, 0.3) is 0 Å². The summed E-state index contributed by atoms with van der Waals surface area (Å²) in [5.41, 5.74) is 0.579. The van der Waals surface area contributed by atoms with E-state index in [1.165, 1.54) is 31.4 Å². The molecule has 1 N–H and O–H groups in total. The fourth-order valence-corrected chi connectivity index (χ4v) is 2.13. The zero-order chi connectivity index (χ0) is 14.7. The van der Waals surface area contributed by atoms with E-state index in [1.807, 2.05) is 0 Å². The second kappa shape index (κ2) is 6.20. The molecule has 2 rings (SSSR count). The number of halogens is 3. The minimum Gasteiger partial charge on any atom is -0.496 e. The molecule has 0 bridgehead atoms. The van der Waals surface area contributed by atoms with Crippen molar-refractivity contribution < 1.29 is 18.6 Å². The lowest BCUT2D eigenvalue weighted by atomic mass is 10.00. The third-order valence-corrected chi connectivity index (χ3v) is 3.29. The minimum atomic E-state index is -1.13. The van der Waals surface area contributed by atoms with Crippen LogP contribution in [0.4, 0.5) is 8.78 Å². The van der Waals surface area contributed by atoms with E-state index >= 15 is 0 Å². The van der Waals surface area contributed by atoms with Crippen LogP contribution in [-0.2, 0) is 6.42 Å². The van der Waals surface area contributed by atoms with Crippen molar-refractivity contribution in [2.24, 2.45) is 0 Å². The van der Waals surface area contributed by atoms with Gasteiger partial charge in [0.25, 0.3) is 0 Å². The summed E-state index contributed by atoms with van der Waals surface area (Å²) in [7, 11) is 1.40. The molecule has 0 saturated heterocycles. The first kappa shape index (κ1) is 14.8. The predicted molar refractivity (Wildman–Crippen MR) is 73.0 cm³/mol. The highest BCUT2D eigenvalue weighted by Crippen LogP contribution is 2.30. The van der Waals surface area contributed by atoms with Gasteiger partial charge in [-0.15, -0.1) is 0 Å². The zero-order valence-corrected chi connectivity index (χ0v) is 11.5. The zero-order valence-electron chi connectivity index (χ0n) is 10.7. The first-order chi connectivity index (χ1) is 9.52. The lowest BCUT2D eigenvalue weighted by molar-refractivity contribution is 0.169. The molecule has 0 saturated carbocycles. The SMILES string of the molecule is COc1cccc(F)c1C(O)Cc1ccc(Cl)c(F)c1. The maximum atomic E-state index is 13.8. The molecule has 1 atom stereocenters. The highest BCUT2D eigenvalue weighted by Gasteiger charge is 2.19. The fraction of sp³-hybridized carbons (Fsp3) is 0.200. The Balaban J connectivity index is 2.28. The molecule has 0 fully saturated rings. The Morgan fingerprint density at radius 3 is 2.60 bits per heavy atom. The lowest BCUT2D eigenvalue weighted by Crippen LogP contribution is -2.07. The van der Waals surface area contributed by atoms with E-state index in [1.54, 1.807) is 12.1 Å². The number of aliphatic hydroxyl groups is 1. The van der Waals surface area contributed by atoms with Crippen LogP contribution in [0.1, 0.15) is 17.2 Å². The molecular weight excluding hydrogens is 286 g/mol. The fourth-order valence-electron chi connectivity index (χ4n) is 2.01. The lowest BCUT2D eigenvalue weighted by Gasteiger charge is -2.15. The third kappa shape index (κ3) is 3.08. The molecule has 0 heterocycles. The van der Waals surface area contributed by atoms with Crippen LogP contribution >= 0.6 is 11.6 Å². The second-order valence-corrected chi connectivity index (χ2v) is 4.73. The summed E-state index contributed by atoms with van der Waals surface area (Å²) in [6.07, 6.45) is -1.07. The van der Waals surface area contributed by atoms with Crippen molar-refractivity contribution >= 4 is 11.6 Å². The molecule has 0 spiro atoms. The van der Waals surface area contributed by atoms with Crippen LogP contribution in [-0.4, -0.2) is 12.2 Å². The Hall–Kier alpha value is -1.65. The Bertz CT molecular complexity index is 617. The average Bonchev–Trinajstić information content (AvgIpc) is 2.42. The number of aliphatic hydroxyl groups excluding tert-OH is 1. The van der Waals surface area contributed by atoms with Gasteiger partial charge in [-0.1, -0.05) is 23.7 Å². The maximum Gasteiger partial charge on any atom is 0.142 e. The van der Waals surface area contributed by atoms with Crippen LogP contribution in [0, 0.1) is 11.6 Å². The Morgan fingerprint density at radius 2 is 1.95 bits per heavy atom. The van der Waals surface area contributed by atoms with E-state index in [9.17, 15) is 13.9 Å². The van der Waals surface area contributed by atoms with Gasteiger partial charge < -0.3 is 9.84 Å². The first-order valence-corrected chi connectivity index (χ1v) is 6.35. The summed E-state index contributed by atoms with van der Waals surface area (Å²) in [6.45, 7) is 0. The third-order valence-electron chi connectivity index (χ3n) is 2.98. The molecule has 5 heteroatoms. The van der Waals surface area contributed by atoms with Gasteiger partial charge in [-0.2, -0.15) is 0 Å². The summed E-state index contributed by atoms with van der Waals surface area (Å²) >= 11 is 5.59. The molecule has 2 aromatic rings. The summed E-state index contributed by atoms with van der Waals surface area (Å²) in [5.74, 6) is -0.880. The largest absolute Gasteiger partial charge is 0.496 e. The van der Waals surface area contributed by atoms with E-state index in [4.69, 9.17) is 16.3 Å². The van der Waals surface area contributed by atoms with Crippen molar-refractivity contribution in [1.29, 1.82) is 0 Å². The van der Waals surface area contributed by atoms with Crippen LogP contribution in [0.5, 0.6) is 5.75 Å². The standard InChI is InChI=1S/C15H13ClF2O2/c1-20-14-4-2-3-11(17)15(14)13(19)8-9-5-6-10(16)12(18)7-9/h2-7,13,19H,8H2,1H3. The summed E-state index contributed by atoms with van der Waals surface area (Å²) in [5, 5.41) is 10.2. The number of benzene rings is 2. The van der Waals surface area contributed by atoms with Gasteiger partial charge in [-0.25, -0.2) is 8.78 Å². The van der Waals surface area contributed by atoms with Crippen molar-refractivity contribution in [3.63, 3.8) is 0 Å². The van der Waals surface area contributed by atoms with Gasteiger partial charge in [0.05, 0.1) is 23.8 Å². The second-order valence-electron chi connectivity index (χ2n) is 4.32. The van der Waals surface area contributed by atoms with Gasteiger partial charge in [0.15, 0.2) is 0 Å². The molecule has 0 aliphatic carbocycles. The normalized spacial score (nSPS) is 12.2. The van der Waals surface area contributed by atoms with E-state index in [2.05, 4.69) is 0 Å². The van der Waals surface area contributed by atoms with Gasteiger partial charge in [0, 0.05) is 6.42 Å². The highest BCUT2D eigenvalue weighted by atomic mass is 35.5. The molecule has 2 nitrogen and oxygen atoms in total. The Kier molecular flexibility index (Phi) is 4.57. The van der Waals surface area contributed by atoms with Gasteiger partial charge in [0.2, 0.25) is 0 Å². The number of methoxy groups -OCH3 is 1. The number of rotatable bonds is 4. The van der Waals surface area contributed by atoms with Crippen molar-refractivity contribution in [2.75, 3.05) is 7.11 Å².